The highest BCUT2D eigenvalue weighted by Crippen LogP contribution is 2.21. The van der Waals surface area contributed by atoms with Gasteiger partial charge in [0.05, 0.1) is 11.4 Å². The minimum Gasteiger partial charge on any atom is -0.619 e. The molecule has 0 aliphatic heterocycles. The van der Waals surface area contributed by atoms with Crippen LogP contribution in [0.1, 0.15) is 15.9 Å². The lowest BCUT2D eigenvalue weighted by atomic mass is 10.0. The fourth-order valence-electron chi connectivity index (χ4n) is 2.05. The lowest BCUT2D eigenvalue weighted by Gasteiger charge is -2.01. The van der Waals surface area contributed by atoms with E-state index in [1.165, 1.54) is 36.7 Å². The van der Waals surface area contributed by atoms with Gasteiger partial charge in [-0.3, -0.25) is 4.79 Å². The number of phenolic OH excluding ortho intramolecular Hbond substituents is 1. The normalized spacial score (nSPS) is 10.8. The van der Waals surface area contributed by atoms with Gasteiger partial charge < -0.3 is 10.3 Å². The summed E-state index contributed by atoms with van der Waals surface area (Å²) in [6, 6.07) is 16.0. The van der Waals surface area contributed by atoms with E-state index in [4.69, 9.17) is 0 Å². The van der Waals surface area contributed by atoms with E-state index in [1.54, 1.807) is 36.4 Å². The molecule has 6 heteroatoms. The molecule has 0 amide bonds. The van der Waals surface area contributed by atoms with Gasteiger partial charge in [0.2, 0.25) is 0 Å². The van der Waals surface area contributed by atoms with E-state index < -0.39 is 0 Å². The Balaban J connectivity index is 1.74. The van der Waals surface area contributed by atoms with Crippen molar-refractivity contribution in [1.82, 2.24) is 0 Å². The van der Waals surface area contributed by atoms with Crippen molar-refractivity contribution in [1.29, 1.82) is 0 Å². The first-order valence-electron chi connectivity index (χ1n) is 7.16. The molecular weight excluding hydrogens is 306 g/mol. The molecule has 1 heterocycles. The SMILES string of the molecule is O=C(c1ccc(N=Nc2ccc(O)cc2)cc1)c1cc[n+]([O-])cc1. The van der Waals surface area contributed by atoms with Crippen LogP contribution in [0.25, 0.3) is 0 Å². The van der Waals surface area contributed by atoms with E-state index >= 15 is 0 Å². The zero-order valence-electron chi connectivity index (χ0n) is 12.5. The number of hydrogen-bond donors (Lipinski definition) is 1. The van der Waals surface area contributed by atoms with Crippen LogP contribution in [-0.4, -0.2) is 10.9 Å². The third-order valence-electron chi connectivity index (χ3n) is 3.32. The Bertz CT molecular complexity index is 871. The molecular formula is C18H13N3O3. The van der Waals surface area contributed by atoms with Crippen molar-refractivity contribution in [2.24, 2.45) is 10.2 Å². The fraction of sp³-hybridized carbons (Fsp3) is 0. The van der Waals surface area contributed by atoms with E-state index in [0.717, 1.165) is 0 Å². The number of azo groups is 1. The van der Waals surface area contributed by atoms with E-state index in [-0.39, 0.29) is 11.5 Å². The van der Waals surface area contributed by atoms with E-state index in [0.29, 0.717) is 27.2 Å². The Labute approximate surface area is 137 Å². The van der Waals surface area contributed by atoms with Crippen LogP contribution in [0, 0.1) is 5.21 Å². The molecule has 0 radical (unpaired) electrons. The largest absolute Gasteiger partial charge is 0.619 e. The Hall–Kier alpha value is -3.54. The van der Waals surface area contributed by atoms with Gasteiger partial charge in [0.1, 0.15) is 5.75 Å². The summed E-state index contributed by atoms with van der Waals surface area (Å²) < 4.78 is 0.629. The molecule has 0 bridgehead atoms. The van der Waals surface area contributed by atoms with Crippen molar-refractivity contribution in [2.75, 3.05) is 0 Å². The lowest BCUT2D eigenvalue weighted by molar-refractivity contribution is -0.605. The number of benzene rings is 2. The summed E-state index contributed by atoms with van der Waals surface area (Å²) in [5.41, 5.74) is 2.16. The van der Waals surface area contributed by atoms with Crippen LogP contribution < -0.4 is 4.73 Å². The number of aromatic nitrogens is 1. The van der Waals surface area contributed by atoms with Crippen molar-refractivity contribution in [3.8, 4) is 5.75 Å². The molecule has 0 spiro atoms. The summed E-state index contributed by atoms with van der Waals surface area (Å²) in [6.45, 7) is 0. The number of rotatable bonds is 4. The summed E-state index contributed by atoms with van der Waals surface area (Å²) in [6.07, 6.45) is 2.57. The molecule has 0 atom stereocenters. The highest BCUT2D eigenvalue weighted by Gasteiger charge is 2.09. The highest BCUT2D eigenvalue weighted by molar-refractivity contribution is 6.08. The second-order valence-corrected chi connectivity index (χ2v) is 5.04. The molecule has 0 aliphatic carbocycles. The van der Waals surface area contributed by atoms with Crippen molar-refractivity contribution in [2.45, 2.75) is 0 Å². The summed E-state index contributed by atoms with van der Waals surface area (Å²) in [4.78, 5) is 12.3. The van der Waals surface area contributed by atoms with Crippen LogP contribution in [0.4, 0.5) is 11.4 Å². The third kappa shape index (κ3) is 3.61. The van der Waals surface area contributed by atoms with Gasteiger partial charge in [-0.2, -0.15) is 15.0 Å². The maximum Gasteiger partial charge on any atom is 0.193 e. The number of carbonyl (C=O) groups is 1. The summed E-state index contributed by atoms with van der Waals surface area (Å²) in [7, 11) is 0. The Morgan fingerprint density at radius 3 is 1.79 bits per heavy atom. The minimum atomic E-state index is -0.169. The Morgan fingerprint density at radius 2 is 1.25 bits per heavy atom. The van der Waals surface area contributed by atoms with E-state index in [2.05, 4.69) is 10.2 Å². The summed E-state index contributed by atoms with van der Waals surface area (Å²) >= 11 is 0. The van der Waals surface area contributed by atoms with Gasteiger partial charge in [0.25, 0.3) is 0 Å². The maximum atomic E-state index is 12.3. The zero-order valence-corrected chi connectivity index (χ0v) is 12.5. The second kappa shape index (κ2) is 6.70. The second-order valence-electron chi connectivity index (χ2n) is 5.04. The topological polar surface area (TPSA) is 89.0 Å². The monoisotopic (exact) mass is 319 g/mol. The molecule has 6 nitrogen and oxygen atoms in total. The van der Waals surface area contributed by atoms with Crippen molar-refractivity contribution < 1.29 is 14.6 Å². The summed E-state index contributed by atoms with van der Waals surface area (Å²) in [5.74, 6) is -0.00199. The summed E-state index contributed by atoms with van der Waals surface area (Å²) in [5, 5.41) is 28.3. The van der Waals surface area contributed by atoms with Gasteiger partial charge in [0, 0.05) is 23.3 Å². The number of hydrogen-bond acceptors (Lipinski definition) is 5. The molecule has 24 heavy (non-hydrogen) atoms. The van der Waals surface area contributed by atoms with Crippen LogP contribution in [0.15, 0.2) is 83.3 Å². The van der Waals surface area contributed by atoms with Crippen LogP contribution in [0.2, 0.25) is 0 Å². The van der Waals surface area contributed by atoms with Gasteiger partial charge in [-0.05, 0) is 48.5 Å². The number of ketones is 1. The predicted octanol–water partition coefficient (Wildman–Crippen LogP) is 3.67. The van der Waals surface area contributed by atoms with Gasteiger partial charge in [-0.1, -0.05) is 0 Å². The minimum absolute atomic E-state index is 0.167. The van der Waals surface area contributed by atoms with Crippen molar-refractivity contribution >= 4 is 17.2 Å². The van der Waals surface area contributed by atoms with Crippen LogP contribution in [0.3, 0.4) is 0 Å². The average molecular weight is 319 g/mol. The van der Waals surface area contributed by atoms with Gasteiger partial charge >= 0.3 is 0 Å². The molecule has 3 aromatic rings. The van der Waals surface area contributed by atoms with Crippen molar-refractivity contribution in [3.63, 3.8) is 0 Å². The molecule has 0 aliphatic rings. The highest BCUT2D eigenvalue weighted by atomic mass is 16.5. The van der Waals surface area contributed by atoms with Gasteiger partial charge in [-0.25, -0.2) is 0 Å². The Morgan fingerprint density at radius 1 is 0.792 bits per heavy atom. The molecule has 118 valence electrons. The Kier molecular flexibility index (Phi) is 4.29. The maximum absolute atomic E-state index is 12.3. The van der Waals surface area contributed by atoms with Crippen LogP contribution in [0.5, 0.6) is 5.75 Å². The number of phenols is 1. The van der Waals surface area contributed by atoms with E-state index in [1.807, 2.05) is 0 Å². The quantitative estimate of drug-likeness (QED) is 0.344. The van der Waals surface area contributed by atoms with Crippen molar-refractivity contribution in [3.05, 3.63) is 89.4 Å². The molecule has 2 aromatic carbocycles. The molecule has 0 unspecified atom stereocenters. The fourth-order valence-corrected chi connectivity index (χ4v) is 2.05. The molecule has 1 aromatic heterocycles. The molecule has 0 saturated heterocycles. The number of aromatic hydroxyl groups is 1. The zero-order chi connectivity index (χ0) is 16.9. The average Bonchev–Trinajstić information content (AvgIpc) is 2.62. The molecule has 0 saturated carbocycles. The number of pyridine rings is 1. The van der Waals surface area contributed by atoms with E-state index in [9.17, 15) is 15.1 Å². The standard InChI is InChI=1S/C18H13N3O3/c22-17-7-5-16(6-8-17)20-19-15-3-1-13(2-4-15)18(23)14-9-11-21(24)12-10-14/h1-12,22H. The smallest absolute Gasteiger partial charge is 0.193 e. The van der Waals surface area contributed by atoms with Gasteiger partial charge in [-0.15, -0.1) is 0 Å². The van der Waals surface area contributed by atoms with Crippen LogP contribution in [-0.2, 0) is 0 Å². The third-order valence-corrected chi connectivity index (χ3v) is 3.32. The molecule has 1 N–H and O–H groups in total. The first kappa shape index (κ1) is 15.4. The molecule has 0 fully saturated rings. The van der Waals surface area contributed by atoms with Gasteiger partial charge in [0.15, 0.2) is 18.2 Å². The first-order valence-corrected chi connectivity index (χ1v) is 7.16. The lowest BCUT2D eigenvalue weighted by Crippen LogP contribution is -2.24. The van der Waals surface area contributed by atoms with Crippen LogP contribution >= 0.6 is 0 Å². The molecule has 3 rings (SSSR count). The predicted molar refractivity (Wildman–Crippen MR) is 87.6 cm³/mol. The first-order chi connectivity index (χ1) is 11.6. The number of nitrogens with zero attached hydrogens (tertiary/aromatic N) is 3. The number of carbonyl (C=O) groups excluding carboxylic acids is 1.